The number of hydrogen-bond donors (Lipinski definition) is 3. The molecule has 0 radical (unpaired) electrons. The van der Waals surface area contributed by atoms with Crippen molar-refractivity contribution >= 4 is 17.3 Å². The summed E-state index contributed by atoms with van der Waals surface area (Å²) < 4.78 is 0. The topological polar surface area (TPSA) is 110 Å². The predicted octanol–water partition coefficient (Wildman–Crippen LogP) is 1.64. The van der Waals surface area contributed by atoms with Gasteiger partial charge in [-0.1, -0.05) is 12.1 Å². The van der Waals surface area contributed by atoms with Crippen molar-refractivity contribution in [3.63, 3.8) is 0 Å². The van der Waals surface area contributed by atoms with Crippen LogP contribution in [0, 0.1) is 16.0 Å². The molecule has 1 aliphatic carbocycles. The van der Waals surface area contributed by atoms with E-state index in [1.807, 2.05) is 6.92 Å². The van der Waals surface area contributed by atoms with E-state index in [0.29, 0.717) is 24.7 Å². The molecule has 7 nitrogen and oxygen atoms in total. The number of nitro groups is 1. The number of rotatable bonds is 8. The fraction of sp³-hybridized carbons (Fsp3) is 0.533. The molecule has 0 spiro atoms. The van der Waals surface area contributed by atoms with Gasteiger partial charge in [0.2, 0.25) is 5.91 Å². The summed E-state index contributed by atoms with van der Waals surface area (Å²) in [5, 5.41) is 16.8. The largest absolute Gasteiger partial charge is 0.379 e. The maximum atomic E-state index is 12.0. The smallest absolute Gasteiger partial charge is 0.292 e. The second-order valence-corrected chi connectivity index (χ2v) is 5.90. The van der Waals surface area contributed by atoms with Gasteiger partial charge < -0.3 is 16.4 Å². The van der Waals surface area contributed by atoms with Crippen molar-refractivity contribution in [1.82, 2.24) is 5.32 Å². The number of para-hydroxylation sites is 2. The number of benzene rings is 1. The Hall–Kier alpha value is -2.15. The molecule has 4 N–H and O–H groups in total. The van der Waals surface area contributed by atoms with E-state index in [0.717, 1.165) is 12.8 Å². The Labute approximate surface area is 129 Å². The molecule has 1 fully saturated rings. The molecular formula is C15H22N4O3. The Morgan fingerprint density at radius 2 is 2.14 bits per heavy atom. The van der Waals surface area contributed by atoms with E-state index in [2.05, 4.69) is 10.6 Å². The Morgan fingerprint density at radius 1 is 1.45 bits per heavy atom. The zero-order valence-corrected chi connectivity index (χ0v) is 12.7. The van der Waals surface area contributed by atoms with Crippen molar-refractivity contribution < 1.29 is 9.72 Å². The summed E-state index contributed by atoms with van der Waals surface area (Å²) in [6.45, 7) is 2.72. The van der Waals surface area contributed by atoms with Crippen LogP contribution in [0.4, 0.5) is 11.4 Å². The van der Waals surface area contributed by atoms with Crippen LogP contribution < -0.4 is 16.4 Å². The van der Waals surface area contributed by atoms with Crippen LogP contribution in [0.5, 0.6) is 0 Å². The van der Waals surface area contributed by atoms with Crippen LogP contribution in [-0.2, 0) is 4.79 Å². The van der Waals surface area contributed by atoms with Gasteiger partial charge >= 0.3 is 0 Å². The Balaban J connectivity index is 1.83. The SMILES string of the molecule is CC(CN)(NC(=O)CCNc1ccccc1[N+](=O)[O-])C1CC1. The first-order chi connectivity index (χ1) is 10.5. The van der Waals surface area contributed by atoms with E-state index >= 15 is 0 Å². The fourth-order valence-corrected chi connectivity index (χ4v) is 2.51. The number of nitrogens with one attached hydrogen (secondary N) is 2. The maximum absolute atomic E-state index is 12.0. The minimum absolute atomic E-state index is 0.00712. The average Bonchev–Trinajstić information content (AvgIpc) is 3.32. The summed E-state index contributed by atoms with van der Waals surface area (Å²) in [6, 6.07) is 6.39. The van der Waals surface area contributed by atoms with Crippen LogP contribution in [0.2, 0.25) is 0 Å². The summed E-state index contributed by atoms with van der Waals surface area (Å²) in [5.74, 6) is 0.371. The summed E-state index contributed by atoms with van der Waals surface area (Å²) in [6.07, 6.45) is 2.44. The molecule has 0 aromatic heterocycles. The molecule has 7 heteroatoms. The van der Waals surface area contributed by atoms with Crippen LogP contribution in [0.3, 0.4) is 0 Å². The summed E-state index contributed by atoms with van der Waals surface area (Å²) in [5.41, 5.74) is 5.85. The number of carbonyl (C=O) groups excluding carboxylic acids is 1. The standard InChI is InChI=1S/C15H22N4O3/c1-15(10-16,11-6-7-11)18-14(20)8-9-17-12-4-2-3-5-13(12)19(21)22/h2-5,11,17H,6-10,16H2,1H3,(H,18,20). The third kappa shape index (κ3) is 3.94. The highest BCUT2D eigenvalue weighted by Gasteiger charge is 2.41. The number of amides is 1. The van der Waals surface area contributed by atoms with Crippen molar-refractivity contribution in [2.45, 2.75) is 31.7 Å². The highest BCUT2D eigenvalue weighted by atomic mass is 16.6. The first kappa shape index (κ1) is 16.2. The van der Waals surface area contributed by atoms with E-state index in [1.165, 1.54) is 6.07 Å². The maximum Gasteiger partial charge on any atom is 0.292 e. The zero-order valence-electron chi connectivity index (χ0n) is 12.7. The zero-order chi connectivity index (χ0) is 16.2. The lowest BCUT2D eigenvalue weighted by atomic mass is 9.96. The van der Waals surface area contributed by atoms with Gasteiger partial charge in [-0.3, -0.25) is 14.9 Å². The van der Waals surface area contributed by atoms with Crippen molar-refractivity contribution in [3.05, 3.63) is 34.4 Å². The molecule has 120 valence electrons. The first-order valence-corrected chi connectivity index (χ1v) is 7.44. The molecule has 22 heavy (non-hydrogen) atoms. The lowest BCUT2D eigenvalue weighted by Gasteiger charge is -2.29. The quantitative estimate of drug-likeness (QED) is 0.499. The Kier molecular flexibility index (Phi) is 4.97. The molecule has 1 unspecified atom stereocenters. The molecule has 1 amide bonds. The number of hydrogen-bond acceptors (Lipinski definition) is 5. The lowest BCUT2D eigenvalue weighted by Crippen LogP contribution is -2.53. The second-order valence-electron chi connectivity index (χ2n) is 5.90. The third-order valence-electron chi connectivity index (χ3n) is 4.10. The van der Waals surface area contributed by atoms with Crippen LogP contribution in [0.1, 0.15) is 26.2 Å². The van der Waals surface area contributed by atoms with Gasteiger partial charge in [0.15, 0.2) is 0 Å². The molecule has 0 aliphatic heterocycles. The van der Waals surface area contributed by atoms with Crippen LogP contribution in [-0.4, -0.2) is 29.5 Å². The van der Waals surface area contributed by atoms with Crippen LogP contribution in [0.15, 0.2) is 24.3 Å². The van der Waals surface area contributed by atoms with Crippen LogP contribution >= 0.6 is 0 Å². The van der Waals surface area contributed by atoms with Crippen molar-refractivity contribution in [3.8, 4) is 0 Å². The summed E-state index contributed by atoms with van der Waals surface area (Å²) in [4.78, 5) is 22.5. The van der Waals surface area contributed by atoms with Gasteiger partial charge in [0.05, 0.1) is 10.5 Å². The Bertz CT molecular complexity index is 559. The molecule has 1 atom stereocenters. The van der Waals surface area contributed by atoms with Crippen molar-refractivity contribution in [2.24, 2.45) is 11.7 Å². The number of nitrogens with two attached hydrogens (primary N) is 1. The molecule has 1 aromatic rings. The van der Waals surface area contributed by atoms with Gasteiger partial charge in [-0.15, -0.1) is 0 Å². The van der Waals surface area contributed by atoms with Crippen molar-refractivity contribution in [1.29, 1.82) is 0 Å². The molecule has 1 aromatic carbocycles. The van der Waals surface area contributed by atoms with Crippen molar-refractivity contribution in [2.75, 3.05) is 18.4 Å². The number of carbonyl (C=O) groups is 1. The van der Waals surface area contributed by atoms with E-state index in [9.17, 15) is 14.9 Å². The second kappa shape index (κ2) is 6.74. The third-order valence-corrected chi connectivity index (χ3v) is 4.10. The lowest BCUT2D eigenvalue weighted by molar-refractivity contribution is -0.384. The molecule has 0 heterocycles. The highest BCUT2D eigenvalue weighted by Crippen LogP contribution is 2.38. The van der Waals surface area contributed by atoms with Gasteiger partial charge in [0, 0.05) is 25.6 Å². The van der Waals surface area contributed by atoms with Gasteiger partial charge in [0.25, 0.3) is 5.69 Å². The molecule has 0 saturated heterocycles. The van der Waals surface area contributed by atoms with E-state index < -0.39 is 4.92 Å². The number of anilines is 1. The number of nitro benzene ring substituents is 1. The molecular weight excluding hydrogens is 284 g/mol. The van der Waals surface area contributed by atoms with E-state index in [-0.39, 0.29) is 23.6 Å². The van der Waals surface area contributed by atoms with Crippen LogP contribution in [0.25, 0.3) is 0 Å². The van der Waals surface area contributed by atoms with Gasteiger partial charge in [-0.05, 0) is 31.7 Å². The summed E-state index contributed by atoms with van der Waals surface area (Å²) >= 11 is 0. The summed E-state index contributed by atoms with van der Waals surface area (Å²) in [7, 11) is 0. The molecule has 1 aliphatic rings. The van der Waals surface area contributed by atoms with E-state index in [1.54, 1.807) is 18.2 Å². The molecule has 1 saturated carbocycles. The van der Waals surface area contributed by atoms with Gasteiger partial charge in [0.1, 0.15) is 5.69 Å². The minimum Gasteiger partial charge on any atom is -0.379 e. The Morgan fingerprint density at radius 3 is 2.73 bits per heavy atom. The monoisotopic (exact) mass is 306 g/mol. The molecule has 0 bridgehead atoms. The first-order valence-electron chi connectivity index (χ1n) is 7.44. The normalized spacial score (nSPS) is 16.6. The van der Waals surface area contributed by atoms with E-state index in [4.69, 9.17) is 5.73 Å². The highest BCUT2D eigenvalue weighted by molar-refractivity contribution is 5.77. The van der Waals surface area contributed by atoms with Gasteiger partial charge in [-0.25, -0.2) is 0 Å². The average molecular weight is 306 g/mol. The predicted molar refractivity (Wildman–Crippen MR) is 84.5 cm³/mol. The fourth-order valence-electron chi connectivity index (χ4n) is 2.51. The minimum atomic E-state index is -0.443. The van der Waals surface area contributed by atoms with Gasteiger partial charge in [-0.2, -0.15) is 0 Å². The molecule has 2 rings (SSSR count). The number of nitrogens with zero attached hydrogens (tertiary/aromatic N) is 1.